The molecule has 1 aromatic carbocycles. The Balaban J connectivity index is 1.99. The van der Waals surface area contributed by atoms with Crippen LogP contribution in [0.2, 0.25) is 5.02 Å². The number of aromatic nitrogens is 3. The van der Waals surface area contributed by atoms with Crippen molar-refractivity contribution < 1.29 is 5.11 Å². The van der Waals surface area contributed by atoms with E-state index in [1.54, 1.807) is 31.6 Å². The maximum atomic E-state index is 9.42. The van der Waals surface area contributed by atoms with E-state index in [9.17, 15) is 5.11 Å². The van der Waals surface area contributed by atoms with Crippen molar-refractivity contribution in [2.24, 2.45) is 0 Å². The van der Waals surface area contributed by atoms with Crippen LogP contribution in [0.1, 0.15) is 0 Å². The number of benzene rings is 1. The van der Waals surface area contributed by atoms with E-state index in [-0.39, 0.29) is 5.75 Å². The zero-order valence-electron chi connectivity index (χ0n) is 12.3. The summed E-state index contributed by atoms with van der Waals surface area (Å²) in [7, 11) is 1.75. The first-order chi connectivity index (χ1) is 11.2. The van der Waals surface area contributed by atoms with Gasteiger partial charge in [0.1, 0.15) is 11.6 Å². The SMILES string of the molecule is CNc1nc(Nc2ccc(O)cc2Cl)cc(-c2ccncc2)n1. The summed E-state index contributed by atoms with van der Waals surface area (Å²) >= 11 is 6.12. The number of nitrogens with zero attached hydrogens (tertiary/aromatic N) is 3. The van der Waals surface area contributed by atoms with Crippen LogP contribution in [0.5, 0.6) is 5.75 Å². The number of nitrogens with one attached hydrogen (secondary N) is 2. The fourth-order valence-corrected chi connectivity index (χ4v) is 2.26. The van der Waals surface area contributed by atoms with E-state index in [0.717, 1.165) is 11.3 Å². The van der Waals surface area contributed by atoms with Crippen LogP contribution in [0.25, 0.3) is 11.3 Å². The number of hydrogen-bond donors (Lipinski definition) is 3. The van der Waals surface area contributed by atoms with Crippen molar-refractivity contribution in [1.82, 2.24) is 15.0 Å². The Morgan fingerprint density at radius 2 is 1.83 bits per heavy atom. The first-order valence-electron chi connectivity index (χ1n) is 6.88. The number of aromatic hydroxyl groups is 1. The van der Waals surface area contributed by atoms with Gasteiger partial charge in [0.15, 0.2) is 0 Å². The second-order valence-corrected chi connectivity index (χ2v) is 5.14. The third-order valence-corrected chi connectivity index (χ3v) is 3.45. The van der Waals surface area contributed by atoms with Gasteiger partial charge < -0.3 is 15.7 Å². The molecule has 23 heavy (non-hydrogen) atoms. The number of halogens is 1. The fraction of sp³-hybridized carbons (Fsp3) is 0.0625. The van der Waals surface area contributed by atoms with Crippen molar-refractivity contribution in [3.05, 3.63) is 53.8 Å². The molecule has 2 heterocycles. The normalized spacial score (nSPS) is 10.3. The van der Waals surface area contributed by atoms with Crippen LogP contribution in [-0.2, 0) is 0 Å². The number of anilines is 3. The molecule has 0 saturated carbocycles. The van der Waals surface area contributed by atoms with Gasteiger partial charge in [-0.3, -0.25) is 4.98 Å². The third-order valence-electron chi connectivity index (χ3n) is 3.14. The standard InChI is InChI=1S/C16H14ClN5O/c1-18-16-21-14(10-4-6-19-7-5-10)9-15(22-16)20-13-3-2-11(23)8-12(13)17/h2-9,23H,1H3,(H2,18,20,21,22). The third kappa shape index (κ3) is 3.49. The zero-order valence-corrected chi connectivity index (χ0v) is 13.0. The van der Waals surface area contributed by atoms with Crippen molar-refractivity contribution in [3.8, 4) is 17.0 Å². The smallest absolute Gasteiger partial charge is 0.224 e. The average molecular weight is 328 g/mol. The van der Waals surface area contributed by atoms with Crippen molar-refractivity contribution in [3.63, 3.8) is 0 Å². The van der Waals surface area contributed by atoms with Gasteiger partial charge in [-0.05, 0) is 24.3 Å². The molecular formula is C16H14ClN5O. The lowest BCUT2D eigenvalue weighted by Crippen LogP contribution is -2.02. The molecule has 0 aliphatic rings. The second-order valence-electron chi connectivity index (χ2n) is 4.74. The van der Waals surface area contributed by atoms with E-state index in [2.05, 4.69) is 25.6 Å². The number of phenolic OH excluding ortho intramolecular Hbond substituents is 1. The summed E-state index contributed by atoms with van der Waals surface area (Å²) in [5, 5.41) is 15.9. The van der Waals surface area contributed by atoms with Crippen LogP contribution < -0.4 is 10.6 Å². The molecule has 0 unspecified atom stereocenters. The van der Waals surface area contributed by atoms with E-state index in [1.807, 2.05) is 18.2 Å². The van der Waals surface area contributed by atoms with Crippen LogP contribution in [0.4, 0.5) is 17.5 Å². The molecule has 0 radical (unpaired) electrons. The number of phenols is 1. The molecule has 3 N–H and O–H groups in total. The maximum absolute atomic E-state index is 9.42. The molecule has 6 nitrogen and oxygen atoms in total. The zero-order chi connectivity index (χ0) is 16.2. The highest BCUT2D eigenvalue weighted by atomic mass is 35.5. The van der Waals surface area contributed by atoms with E-state index in [1.165, 1.54) is 6.07 Å². The molecular weight excluding hydrogens is 314 g/mol. The Morgan fingerprint density at radius 1 is 1.04 bits per heavy atom. The number of pyridine rings is 1. The van der Waals surface area contributed by atoms with Gasteiger partial charge in [0.05, 0.1) is 16.4 Å². The predicted octanol–water partition coefficient (Wildman–Crippen LogP) is 3.68. The molecule has 3 aromatic rings. The lowest BCUT2D eigenvalue weighted by molar-refractivity contribution is 0.475. The summed E-state index contributed by atoms with van der Waals surface area (Å²) < 4.78 is 0. The van der Waals surface area contributed by atoms with Crippen LogP contribution in [0, 0.1) is 0 Å². The number of rotatable bonds is 4. The minimum absolute atomic E-state index is 0.108. The molecule has 7 heteroatoms. The summed E-state index contributed by atoms with van der Waals surface area (Å²) in [6, 6.07) is 10.3. The van der Waals surface area contributed by atoms with Gasteiger partial charge in [-0.25, -0.2) is 4.98 Å². The fourth-order valence-electron chi connectivity index (χ4n) is 2.04. The van der Waals surface area contributed by atoms with Crippen molar-refractivity contribution in [2.75, 3.05) is 17.7 Å². The highest BCUT2D eigenvalue weighted by Gasteiger charge is 2.08. The van der Waals surface area contributed by atoms with Gasteiger partial charge in [-0.2, -0.15) is 4.98 Å². The molecule has 0 fully saturated rings. The Bertz CT molecular complexity index is 826. The quantitative estimate of drug-likeness (QED) is 0.634. The van der Waals surface area contributed by atoms with Gasteiger partial charge >= 0.3 is 0 Å². The molecule has 116 valence electrons. The topological polar surface area (TPSA) is 83.0 Å². The molecule has 0 amide bonds. The monoisotopic (exact) mass is 327 g/mol. The highest BCUT2D eigenvalue weighted by molar-refractivity contribution is 6.33. The summed E-state index contributed by atoms with van der Waals surface area (Å²) in [5.41, 5.74) is 2.33. The van der Waals surface area contributed by atoms with Gasteiger partial charge in [0.2, 0.25) is 5.95 Å². The Morgan fingerprint density at radius 3 is 2.52 bits per heavy atom. The first kappa shape index (κ1) is 15.1. The minimum Gasteiger partial charge on any atom is -0.508 e. The molecule has 0 aliphatic heterocycles. The second kappa shape index (κ2) is 6.50. The first-order valence-corrected chi connectivity index (χ1v) is 7.26. The molecule has 0 atom stereocenters. The van der Waals surface area contributed by atoms with Crippen LogP contribution in [0.3, 0.4) is 0 Å². The van der Waals surface area contributed by atoms with E-state index in [0.29, 0.717) is 22.5 Å². The predicted molar refractivity (Wildman–Crippen MR) is 91.2 cm³/mol. The van der Waals surface area contributed by atoms with Crippen LogP contribution in [-0.4, -0.2) is 27.1 Å². The largest absolute Gasteiger partial charge is 0.508 e. The summed E-state index contributed by atoms with van der Waals surface area (Å²) in [4.78, 5) is 12.8. The Labute approximate surface area is 138 Å². The molecule has 2 aromatic heterocycles. The highest BCUT2D eigenvalue weighted by Crippen LogP contribution is 2.29. The van der Waals surface area contributed by atoms with Crippen LogP contribution >= 0.6 is 11.6 Å². The van der Waals surface area contributed by atoms with Crippen molar-refractivity contribution in [2.45, 2.75) is 0 Å². The van der Waals surface area contributed by atoms with E-state index < -0.39 is 0 Å². The minimum atomic E-state index is 0.108. The lowest BCUT2D eigenvalue weighted by atomic mass is 10.2. The Kier molecular flexibility index (Phi) is 4.25. The van der Waals surface area contributed by atoms with Gasteiger partial charge in [0.25, 0.3) is 0 Å². The van der Waals surface area contributed by atoms with Crippen molar-refractivity contribution in [1.29, 1.82) is 0 Å². The average Bonchev–Trinajstić information content (AvgIpc) is 2.58. The van der Waals surface area contributed by atoms with E-state index >= 15 is 0 Å². The molecule has 0 spiro atoms. The Hall–Kier alpha value is -2.86. The van der Waals surface area contributed by atoms with Gasteiger partial charge in [-0.1, -0.05) is 11.6 Å². The summed E-state index contributed by atoms with van der Waals surface area (Å²) in [6.07, 6.45) is 3.42. The van der Waals surface area contributed by atoms with Crippen molar-refractivity contribution >= 4 is 29.1 Å². The summed E-state index contributed by atoms with van der Waals surface area (Å²) in [5.74, 6) is 1.18. The lowest BCUT2D eigenvalue weighted by Gasteiger charge is -2.11. The molecule has 0 bridgehead atoms. The molecule has 0 aliphatic carbocycles. The van der Waals surface area contributed by atoms with E-state index in [4.69, 9.17) is 11.6 Å². The van der Waals surface area contributed by atoms with Gasteiger partial charge in [-0.15, -0.1) is 0 Å². The van der Waals surface area contributed by atoms with Gasteiger partial charge in [0, 0.05) is 37.1 Å². The summed E-state index contributed by atoms with van der Waals surface area (Å²) in [6.45, 7) is 0. The molecule has 3 rings (SSSR count). The maximum Gasteiger partial charge on any atom is 0.224 e. The number of hydrogen-bond acceptors (Lipinski definition) is 6. The molecule has 0 saturated heterocycles. The van der Waals surface area contributed by atoms with Crippen LogP contribution in [0.15, 0.2) is 48.8 Å².